The average molecular weight is 372 g/mol. The summed E-state index contributed by atoms with van der Waals surface area (Å²) in [5.41, 5.74) is 0.669. The van der Waals surface area contributed by atoms with Gasteiger partial charge in [0.1, 0.15) is 11.8 Å². The first-order valence-corrected chi connectivity index (χ1v) is 8.55. The number of nitrogens with one attached hydrogen (secondary N) is 2. The van der Waals surface area contributed by atoms with Crippen LogP contribution in [0.5, 0.6) is 5.75 Å². The number of hydrogen-bond acceptors (Lipinski definition) is 6. The smallest absolute Gasteiger partial charge is 0.255 e. The second-order valence-corrected chi connectivity index (χ2v) is 6.22. The summed E-state index contributed by atoms with van der Waals surface area (Å²) in [4.78, 5) is 28.6. The van der Waals surface area contributed by atoms with Crippen molar-refractivity contribution < 1.29 is 19.8 Å². The van der Waals surface area contributed by atoms with Crippen molar-refractivity contribution in [2.75, 3.05) is 11.9 Å². The van der Waals surface area contributed by atoms with Crippen molar-refractivity contribution in [2.45, 2.75) is 6.04 Å². The average Bonchev–Trinajstić information content (AvgIpc) is 3.33. The molecule has 4 N–H and O–H groups in total. The Balaban J connectivity index is 1.75. The Labute approximate surface area is 152 Å². The minimum Gasteiger partial charge on any atom is -0.507 e. The molecule has 0 radical (unpaired) electrons. The largest absolute Gasteiger partial charge is 0.507 e. The van der Waals surface area contributed by atoms with Crippen LogP contribution in [0.15, 0.2) is 54.3 Å². The third-order valence-corrected chi connectivity index (χ3v) is 4.28. The number of aromatic hydroxyl groups is 1. The first-order valence-electron chi connectivity index (χ1n) is 7.67. The van der Waals surface area contributed by atoms with Gasteiger partial charge in [0.25, 0.3) is 11.8 Å². The van der Waals surface area contributed by atoms with Crippen molar-refractivity contribution >= 4 is 28.3 Å². The summed E-state index contributed by atoms with van der Waals surface area (Å²) in [5, 5.41) is 26.4. The van der Waals surface area contributed by atoms with E-state index in [1.807, 2.05) is 12.1 Å². The summed E-state index contributed by atoms with van der Waals surface area (Å²) in [6.45, 7) is -0.596. The van der Waals surface area contributed by atoms with Crippen LogP contribution in [0.1, 0.15) is 10.4 Å². The van der Waals surface area contributed by atoms with E-state index in [9.17, 15) is 19.8 Å². The number of carbonyl (C=O) groups is 2. The molecule has 0 spiro atoms. The van der Waals surface area contributed by atoms with Crippen LogP contribution in [0.4, 0.5) is 5.13 Å². The van der Waals surface area contributed by atoms with Gasteiger partial charge in [-0.25, -0.2) is 4.98 Å². The van der Waals surface area contributed by atoms with Crippen LogP contribution in [-0.2, 0) is 4.79 Å². The predicted octanol–water partition coefficient (Wildman–Crippen LogP) is 1.37. The second kappa shape index (κ2) is 7.81. The zero-order chi connectivity index (χ0) is 18.5. The fourth-order valence-electron chi connectivity index (χ4n) is 2.28. The Hall–Kier alpha value is -3.17. The molecule has 2 aromatic heterocycles. The Morgan fingerprint density at radius 1 is 1.27 bits per heavy atom. The lowest BCUT2D eigenvalue weighted by Crippen LogP contribution is -2.46. The van der Waals surface area contributed by atoms with Gasteiger partial charge >= 0.3 is 0 Å². The number of phenols is 1. The molecule has 0 bridgehead atoms. The number of phenolic OH excluding ortho intramolecular Hbond substituents is 1. The van der Waals surface area contributed by atoms with Gasteiger partial charge in [0.05, 0.1) is 12.2 Å². The van der Waals surface area contributed by atoms with E-state index in [-0.39, 0.29) is 11.3 Å². The van der Waals surface area contributed by atoms with E-state index in [0.29, 0.717) is 10.8 Å². The number of carbonyl (C=O) groups excluding carboxylic acids is 2. The van der Waals surface area contributed by atoms with Gasteiger partial charge in [-0.1, -0.05) is 0 Å². The molecule has 8 nitrogen and oxygen atoms in total. The van der Waals surface area contributed by atoms with E-state index in [0.717, 1.165) is 0 Å². The molecule has 3 rings (SSSR count). The normalized spacial score (nSPS) is 11.7. The summed E-state index contributed by atoms with van der Waals surface area (Å²) in [6.07, 6.45) is 5.12. The molecular weight excluding hydrogens is 356 g/mol. The van der Waals surface area contributed by atoms with E-state index in [1.54, 1.807) is 28.4 Å². The molecule has 0 fully saturated rings. The molecule has 3 aromatic rings. The highest BCUT2D eigenvalue weighted by Crippen LogP contribution is 2.21. The number of rotatable bonds is 6. The van der Waals surface area contributed by atoms with E-state index in [1.165, 1.54) is 29.7 Å². The first kappa shape index (κ1) is 17.6. The topological polar surface area (TPSA) is 116 Å². The highest BCUT2D eigenvalue weighted by molar-refractivity contribution is 7.13. The van der Waals surface area contributed by atoms with Gasteiger partial charge in [-0.05, 0) is 30.3 Å². The lowest BCUT2D eigenvalue weighted by atomic mass is 10.1. The number of hydrogen-bond donors (Lipinski definition) is 4. The fourth-order valence-corrected chi connectivity index (χ4v) is 2.81. The summed E-state index contributed by atoms with van der Waals surface area (Å²) >= 11 is 1.22. The van der Waals surface area contributed by atoms with Crippen LogP contribution < -0.4 is 10.6 Å². The molecule has 9 heteroatoms. The number of amides is 2. The number of aromatic nitrogens is 2. The number of benzene rings is 1. The van der Waals surface area contributed by atoms with Gasteiger partial charge in [0.15, 0.2) is 5.13 Å². The van der Waals surface area contributed by atoms with Crippen LogP contribution in [-0.4, -0.2) is 44.2 Å². The summed E-state index contributed by atoms with van der Waals surface area (Å²) in [7, 11) is 0. The lowest BCUT2D eigenvalue weighted by molar-refractivity contribution is -0.118. The summed E-state index contributed by atoms with van der Waals surface area (Å²) in [6, 6.07) is 7.03. The third-order valence-electron chi connectivity index (χ3n) is 3.59. The van der Waals surface area contributed by atoms with Crippen molar-refractivity contribution in [3.05, 3.63) is 59.9 Å². The molecule has 134 valence electrons. The van der Waals surface area contributed by atoms with Crippen LogP contribution >= 0.6 is 11.3 Å². The zero-order valence-corrected chi connectivity index (χ0v) is 14.3. The van der Waals surface area contributed by atoms with Crippen molar-refractivity contribution in [3.63, 3.8) is 0 Å². The molecule has 0 saturated carbocycles. The SMILES string of the molecule is O=C(NC(CO)C(=O)Nc1nccs1)c1cc(-n2cccc2)ccc1O. The number of aliphatic hydroxyl groups excluding tert-OH is 1. The van der Waals surface area contributed by atoms with Crippen molar-refractivity contribution in [1.82, 2.24) is 14.9 Å². The second-order valence-electron chi connectivity index (χ2n) is 5.33. The Bertz CT molecular complexity index is 894. The predicted molar refractivity (Wildman–Crippen MR) is 96.5 cm³/mol. The van der Waals surface area contributed by atoms with Crippen molar-refractivity contribution in [1.29, 1.82) is 0 Å². The summed E-state index contributed by atoms with van der Waals surface area (Å²) < 4.78 is 1.77. The molecule has 0 aliphatic rings. The Morgan fingerprint density at radius 2 is 2.04 bits per heavy atom. The number of thiazole rings is 1. The molecular formula is C17H16N4O4S. The van der Waals surface area contributed by atoms with Gasteiger partial charge in [-0.3, -0.25) is 9.59 Å². The van der Waals surface area contributed by atoms with Crippen molar-refractivity contribution in [3.8, 4) is 11.4 Å². The molecule has 2 heterocycles. The maximum atomic E-state index is 12.5. The van der Waals surface area contributed by atoms with Crippen molar-refractivity contribution in [2.24, 2.45) is 0 Å². The van der Waals surface area contributed by atoms with Gasteiger partial charge in [0.2, 0.25) is 0 Å². The van der Waals surface area contributed by atoms with E-state index in [4.69, 9.17) is 0 Å². The molecule has 26 heavy (non-hydrogen) atoms. The van der Waals surface area contributed by atoms with Gasteiger partial charge in [-0.15, -0.1) is 11.3 Å². The maximum absolute atomic E-state index is 12.5. The lowest BCUT2D eigenvalue weighted by Gasteiger charge is -2.16. The molecule has 1 aromatic carbocycles. The van der Waals surface area contributed by atoms with E-state index >= 15 is 0 Å². The standard InChI is InChI=1S/C17H16N4O4S/c22-10-13(16(25)20-17-18-5-8-26-17)19-15(24)12-9-11(3-4-14(12)23)21-6-1-2-7-21/h1-9,13,22-23H,10H2,(H,19,24)(H,18,20,25). The highest BCUT2D eigenvalue weighted by Gasteiger charge is 2.23. The van der Waals surface area contributed by atoms with Crippen LogP contribution in [0.25, 0.3) is 5.69 Å². The van der Waals surface area contributed by atoms with Gasteiger partial charge in [-0.2, -0.15) is 0 Å². The minimum atomic E-state index is -1.18. The number of anilines is 1. The molecule has 0 aliphatic heterocycles. The van der Waals surface area contributed by atoms with E-state index in [2.05, 4.69) is 15.6 Å². The van der Waals surface area contributed by atoms with Crippen LogP contribution in [0, 0.1) is 0 Å². The van der Waals surface area contributed by atoms with Crippen LogP contribution in [0.2, 0.25) is 0 Å². The monoisotopic (exact) mass is 372 g/mol. The van der Waals surface area contributed by atoms with Gasteiger partial charge < -0.3 is 25.4 Å². The highest BCUT2D eigenvalue weighted by atomic mass is 32.1. The fraction of sp³-hybridized carbons (Fsp3) is 0.118. The summed E-state index contributed by atoms with van der Waals surface area (Å²) in [5.74, 6) is -1.50. The van der Waals surface area contributed by atoms with E-state index < -0.39 is 24.5 Å². The Kier molecular flexibility index (Phi) is 5.30. The molecule has 0 aliphatic carbocycles. The maximum Gasteiger partial charge on any atom is 0.255 e. The Morgan fingerprint density at radius 3 is 2.69 bits per heavy atom. The molecule has 1 unspecified atom stereocenters. The number of aliphatic hydroxyl groups is 1. The quantitative estimate of drug-likeness (QED) is 0.521. The zero-order valence-electron chi connectivity index (χ0n) is 13.5. The third kappa shape index (κ3) is 3.90. The minimum absolute atomic E-state index is 0.00306. The number of nitrogens with zero attached hydrogens (tertiary/aromatic N) is 2. The molecule has 2 amide bonds. The molecule has 1 atom stereocenters. The van der Waals surface area contributed by atoms with Crippen LogP contribution in [0.3, 0.4) is 0 Å². The first-order chi connectivity index (χ1) is 12.6. The molecule has 0 saturated heterocycles. The van der Waals surface area contributed by atoms with Gasteiger partial charge in [0, 0.05) is 29.7 Å².